The molecule has 0 bridgehead atoms. The number of rotatable bonds is 2. The molecule has 3 heterocycles. The summed E-state index contributed by atoms with van der Waals surface area (Å²) in [6, 6.07) is 34.8. The van der Waals surface area contributed by atoms with Gasteiger partial charge in [-0.2, -0.15) is 0 Å². The average molecular weight is 837 g/mol. The van der Waals surface area contributed by atoms with Gasteiger partial charge < -0.3 is 9.80 Å². The number of fused-ring (bicyclic) bond motifs is 8. The standard InChI is InChI=1S/C58H69BN2S/c1-35-29-47-50-48(30-35)61(38-20-17-36(18-21-38)53(2,3)4)51-40-31-37(54(5,6)7)19-24-49(40)62-52(51)59(50)45-33-43-44(56(10,11)26-16-25-55(43,8)9)34-46(45)60(47)39-22-23-41-42(32-39)58(14,15)28-27-57(41,12)13/h17-24,29-34H,16,25-28H2,1-15H3. The van der Waals surface area contributed by atoms with Crippen molar-refractivity contribution < 1.29 is 0 Å². The molecule has 6 aromatic rings. The van der Waals surface area contributed by atoms with E-state index < -0.39 is 0 Å². The Kier molecular flexibility index (Phi) is 9.01. The van der Waals surface area contributed by atoms with E-state index in [4.69, 9.17) is 0 Å². The van der Waals surface area contributed by atoms with Gasteiger partial charge in [0, 0.05) is 43.3 Å². The van der Waals surface area contributed by atoms with E-state index in [9.17, 15) is 0 Å². The van der Waals surface area contributed by atoms with Gasteiger partial charge >= 0.3 is 0 Å². The number of hydrogen-bond donors (Lipinski definition) is 0. The van der Waals surface area contributed by atoms with Gasteiger partial charge in [0.2, 0.25) is 0 Å². The predicted molar refractivity (Wildman–Crippen MR) is 273 cm³/mol. The van der Waals surface area contributed by atoms with Crippen LogP contribution in [0, 0.1) is 6.92 Å². The molecule has 2 aliphatic carbocycles. The second-order valence-corrected chi connectivity index (χ2v) is 25.6. The van der Waals surface area contributed by atoms with Crippen molar-refractivity contribution in [2.75, 3.05) is 9.80 Å². The van der Waals surface area contributed by atoms with E-state index in [1.165, 1.54) is 125 Å². The molecule has 2 nitrogen and oxygen atoms in total. The van der Waals surface area contributed by atoms with Crippen LogP contribution in [0.4, 0.5) is 34.1 Å². The Hall–Kier alpha value is -4.28. The van der Waals surface area contributed by atoms with Gasteiger partial charge in [-0.1, -0.05) is 134 Å². The van der Waals surface area contributed by atoms with Gasteiger partial charge in [-0.05, 0) is 170 Å². The number of nitrogens with zero attached hydrogens (tertiary/aromatic N) is 2. The van der Waals surface area contributed by atoms with Gasteiger partial charge in [0.05, 0.1) is 5.69 Å². The first-order valence-electron chi connectivity index (χ1n) is 23.6. The lowest BCUT2D eigenvalue weighted by atomic mass is 9.35. The van der Waals surface area contributed by atoms with E-state index in [0.29, 0.717) is 0 Å². The number of benzene rings is 5. The van der Waals surface area contributed by atoms with E-state index >= 15 is 0 Å². The maximum atomic E-state index is 2.72. The minimum Gasteiger partial charge on any atom is -0.311 e. The predicted octanol–water partition coefficient (Wildman–Crippen LogP) is 15.0. The molecule has 5 aromatic carbocycles. The number of hydrogen-bond acceptors (Lipinski definition) is 3. The Labute approximate surface area is 378 Å². The molecule has 0 unspecified atom stereocenters. The van der Waals surface area contributed by atoms with Gasteiger partial charge in [-0.25, -0.2) is 0 Å². The SMILES string of the molecule is Cc1cc2c3c(c1)N(c1ccc(C(C)(C)C)cc1)c1c(sc4ccc(C(C)(C)C)cc14)B3c1cc3c(cc1N2c1ccc2c(c1)C(C)(C)CCC2(C)C)C(C)(C)CCCC3(C)C. The molecule has 0 saturated heterocycles. The van der Waals surface area contributed by atoms with Crippen molar-refractivity contribution in [1.29, 1.82) is 0 Å². The van der Waals surface area contributed by atoms with Crippen LogP contribution in [-0.2, 0) is 32.5 Å². The van der Waals surface area contributed by atoms with E-state index in [1.54, 1.807) is 5.56 Å². The zero-order valence-corrected chi connectivity index (χ0v) is 41.3. The summed E-state index contributed by atoms with van der Waals surface area (Å²) in [5, 5.41) is 1.37. The normalized spacial score (nSPS) is 19.3. The fourth-order valence-electron chi connectivity index (χ4n) is 11.9. The van der Waals surface area contributed by atoms with Crippen molar-refractivity contribution in [1.82, 2.24) is 0 Å². The summed E-state index contributed by atoms with van der Waals surface area (Å²) in [5.74, 6) is 0. The van der Waals surface area contributed by atoms with Gasteiger partial charge in [0.25, 0.3) is 6.71 Å². The molecule has 10 rings (SSSR count). The van der Waals surface area contributed by atoms with Crippen molar-refractivity contribution in [2.45, 2.75) is 168 Å². The molecule has 1 aromatic heterocycles. The molecule has 0 atom stereocenters. The van der Waals surface area contributed by atoms with Crippen LogP contribution in [0.5, 0.6) is 0 Å². The van der Waals surface area contributed by atoms with Crippen LogP contribution >= 0.6 is 11.3 Å². The maximum absolute atomic E-state index is 2.72. The molecule has 0 fully saturated rings. The first-order chi connectivity index (χ1) is 28.9. The summed E-state index contributed by atoms with van der Waals surface area (Å²) in [6.45, 7) is 36.3. The Morgan fingerprint density at radius 1 is 0.516 bits per heavy atom. The molecule has 0 saturated carbocycles. The molecule has 0 N–H and O–H groups in total. The summed E-state index contributed by atoms with van der Waals surface area (Å²) in [7, 11) is 0. The lowest BCUT2D eigenvalue weighted by Crippen LogP contribution is -2.60. The van der Waals surface area contributed by atoms with Gasteiger partial charge in [0.15, 0.2) is 0 Å². The summed E-state index contributed by atoms with van der Waals surface area (Å²) >= 11 is 2.03. The second kappa shape index (κ2) is 13.4. The average Bonchev–Trinajstić information content (AvgIpc) is 3.53. The van der Waals surface area contributed by atoms with Crippen LogP contribution in [0.1, 0.15) is 168 Å². The number of thiophene rings is 1. The van der Waals surface area contributed by atoms with Crippen LogP contribution < -0.4 is 25.5 Å². The van der Waals surface area contributed by atoms with E-state index in [0.717, 1.165) is 0 Å². The molecule has 4 aliphatic rings. The fourth-order valence-corrected chi connectivity index (χ4v) is 13.2. The lowest BCUT2D eigenvalue weighted by Gasteiger charge is -2.46. The van der Waals surface area contributed by atoms with Crippen LogP contribution in [0.25, 0.3) is 10.1 Å². The Morgan fingerprint density at radius 2 is 1.05 bits per heavy atom. The third-order valence-electron chi connectivity index (χ3n) is 16.0. The molecular formula is C58H69BN2S. The first-order valence-corrected chi connectivity index (χ1v) is 24.5. The number of anilines is 6. The Morgan fingerprint density at radius 3 is 1.68 bits per heavy atom. The Bertz CT molecular complexity index is 2820. The van der Waals surface area contributed by atoms with Crippen LogP contribution in [0.2, 0.25) is 0 Å². The smallest absolute Gasteiger partial charge is 0.264 e. The van der Waals surface area contributed by atoms with Gasteiger partial charge in [-0.3, -0.25) is 0 Å². The minimum atomic E-state index is 0.0328. The molecule has 62 heavy (non-hydrogen) atoms. The quantitative estimate of drug-likeness (QED) is 0.126. The third kappa shape index (κ3) is 6.30. The zero-order chi connectivity index (χ0) is 44.3. The monoisotopic (exact) mass is 837 g/mol. The third-order valence-corrected chi connectivity index (χ3v) is 17.2. The van der Waals surface area contributed by atoms with Gasteiger partial charge in [-0.15, -0.1) is 11.3 Å². The molecular weight excluding hydrogens is 768 g/mol. The van der Waals surface area contributed by atoms with Crippen molar-refractivity contribution in [2.24, 2.45) is 0 Å². The highest BCUT2D eigenvalue weighted by molar-refractivity contribution is 7.33. The lowest BCUT2D eigenvalue weighted by molar-refractivity contribution is 0.332. The highest BCUT2D eigenvalue weighted by Gasteiger charge is 2.48. The molecule has 0 radical (unpaired) electrons. The summed E-state index contributed by atoms with van der Waals surface area (Å²) in [4.78, 5) is 5.37. The van der Waals surface area contributed by atoms with E-state index in [-0.39, 0.29) is 39.2 Å². The molecule has 4 heteroatoms. The second-order valence-electron chi connectivity index (χ2n) is 24.5. The Balaban J connectivity index is 1.33. The largest absolute Gasteiger partial charge is 0.311 e. The van der Waals surface area contributed by atoms with Crippen LogP contribution in [-0.4, -0.2) is 6.71 Å². The highest BCUT2D eigenvalue weighted by atomic mass is 32.1. The molecule has 0 amide bonds. The minimum absolute atomic E-state index is 0.0328. The highest BCUT2D eigenvalue weighted by Crippen LogP contribution is 2.53. The molecule has 0 spiro atoms. The van der Waals surface area contributed by atoms with Gasteiger partial charge in [0.1, 0.15) is 0 Å². The molecule has 320 valence electrons. The van der Waals surface area contributed by atoms with Crippen LogP contribution in [0.3, 0.4) is 0 Å². The van der Waals surface area contributed by atoms with Crippen LogP contribution in [0.15, 0.2) is 84.9 Å². The zero-order valence-electron chi connectivity index (χ0n) is 40.5. The first kappa shape index (κ1) is 41.7. The summed E-state index contributed by atoms with van der Waals surface area (Å²) < 4.78 is 2.83. The topological polar surface area (TPSA) is 6.48 Å². The summed E-state index contributed by atoms with van der Waals surface area (Å²) in [6.07, 6.45) is 6.05. The van der Waals surface area contributed by atoms with Crippen molar-refractivity contribution in [3.05, 3.63) is 124 Å². The molecule has 2 aliphatic heterocycles. The van der Waals surface area contributed by atoms with E-state index in [2.05, 4.69) is 199 Å². The summed E-state index contributed by atoms with van der Waals surface area (Å²) in [5.41, 5.74) is 21.4. The van der Waals surface area contributed by atoms with Crippen molar-refractivity contribution in [3.8, 4) is 0 Å². The van der Waals surface area contributed by atoms with E-state index in [1.807, 2.05) is 11.3 Å². The fraction of sp³-hybridized carbons (Fsp3) is 0.448. The van der Waals surface area contributed by atoms with Crippen molar-refractivity contribution in [3.63, 3.8) is 0 Å². The number of aryl methyl sites for hydroxylation is 1. The van der Waals surface area contributed by atoms with Crippen molar-refractivity contribution >= 4 is 78.0 Å². The maximum Gasteiger partial charge on any atom is 0.264 e.